The van der Waals surface area contributed by atoms with Crippen LogP contribution >= 0.6 is 11.6 Å². The molecule has 0 radical (unpaired) electrons. The Morgan fingerprint density at radius 1 is 0.956 bits per heavy atom. The number of nitrogens with one attached hydrogen (secondary N) is 1. The predicted molar refractivity (Wildman–Crippen MR) is 156 cm³/mol. The lowest BCUT2D eigenvalue weighted by atomic mass is 9.96. The first-order valence-corrected chi connectivity index (χ1v) is 14.2. The molecule has 2 bridgehead atoms. The van der Waals surface area contributed by atoms with E-state index in [2.05, 4.69) is 30.6 Å². The maximum Gasteiger partial charge on any atom is 0.436 e. The smallest absolute Gasteiger partial charge is 0.325 e. The standard InChI is InChI=1S/C30H23ClF4N8O2/c1-16-3-2-4-26(24-11-22(36-14-37-24)19-10-18(32)6-7-21(19)39-29(16)45)42-15-38-23(12-28(42)44)20-9-17(31)5-8-25(20)43-13-27(40-41-43)30(33,34)35/h5-16,26H,2-4H2,1H3,(H,39,45). The number of rotatable bonds is 3. The van der Waals surface area contributed by atoms with Crippen molar-refractivity contribution in [2.45, 2.75) is 38.4 Å². The second-order valence-corrected chi connectivity index (χ2v) is 11.0. The van der Waals surface area contributed by atoms with E-state index >= 15 is 0 Å². The third-order valence-corrected chi connectivity index (χ3v) is 7.78. The van der Waals surface area contributed by atoms with Gasteiger partial charge in [-0.25, -0.2) is 24.0 Å². The van der Waals surface area contributed by atoms with Gasteiger partial charge in [-0.3, -0.25) is 14.2 Å². The van der Waals surface area contributed by atoms with E-state index in [9.17, 15) is 27.2 Å². The van der Waals surface area contributed by atoms with Gasteiger partial charge in [-0.2, -0.15) is 13.2 Å². The summed E-state index contributed by atoms with van der Waals surface area (Å²) in [7, 11) is 0. The van der Waals surface area contributed by atoms with Gasteiger partial charge in [0.15, 0.2) is 5.69 Å². The maximum absolute atomic E-state index is 14.3. The molecule has 1 N–H and O–H groups in total. The van der Waals surface area contributed by atoms with Crippen molar-refractivity contribution in [2.24, 2.45) is 5.92 Å². The van der Waals surface area contributed by atoms with Crippen LogP contribution in [0.4, 0.5) is 23.2 Å². The summed E-state index contributed by atoms with van der Waals surface area (Å²) < 4.78 is 56.2. The molecule has 1 aliphatic heterocycles. The Morgan fingerprint density at radius 2 is 1.76 bits per heavy atom. The number of hydrogen-bond donors (Lipinski definition) is 1. The molecule has 10 nitrogen and oxygen atoms in total. The van der Waals surface area contributed by atoms with Gasteiger partial charge in [0.2, 0.25) is 5.91 Å². The van der Waals surface area contributed by atoms with Gasteiger partial charge < -0.3 is 5.32 Å². The fourth-order valence-corrected chi connectivity index (χ4v) is 5.36. The zero-order valence-electron chi connectivity index (χ0n) is 23.5. The van der Waals surface area contributed by atoms with Crippen LogP contribution in [0.3, 0.4) is 0 Å². The number of nitrogens with zero attached hydrogens (tertiary/aromatic N) is 7. The number of carbonyl (C=O) groups excluding carboxylic acids is 1. The average molecular weight is 639 g/mol. The van der Waals surface area contributed by atoms with E-state index in [1.807, 2.05) is 0 Å². The molecule has 5 aromatic rings. The summed E-state index contributed by atoms with van der Waals surface area (Å²) in [6, 6.07) is 10.6. The zero-order chi connectivity index (χ0) is 31.9. The Balaban J connectivity index is 1.42. The molecule has 3 aromatic heterocycles. The Labute approximate surface area is 257 Å². The van der Waals surface area contributed by atoms with Crippen LogP contribution in [-0.4, -0.2) is 40.4 Å². The number of halogens is 5. The first-order valence-electron chi connectivity index (χ1n) is 13.8. The van der Waals surface area contributed by atoms with Crippen LogP contribution in [0.15, 0.2) is 72.2 Å². The first kappa shape index (κ1) is 30.1. The highest BCUT2D eigenvalue weighted by Crippen LogP contribution is 2.34. The molecule has 0 saturated carbocycles. The number of anilines is 1. The van der Waals surface area contributed by atoms with Gasteiger partial charge >= 0.3 is 6.18 Å². The third kappa shape index (κ3) is 6.18. The summed E-state index contributed by atoms with van der Waals surface area (Å²) in [5, 5.41) is 9.94. The van der Waals surface area contributed by atoms with E-state index in [1.165, 1.54) is 59.7 Å². The van der Waals surface area contributed by atoms with E-state index in [0.29, 0.717) is 41.9 Å². The molecule has 0 aliphatic carbocycles. The molecule has 0 spiro atoms. The molecule has 0 fully saturated rings. The lowest BCUT2D eigenvalue weighted by molar-refractivity contribution is -0.141. The number of fused-ring (bicyclic) bond motifs is 4. The Morgan fingerprint density at radius 3 is 2.51 bits per heavy atom. The second kappa shape index (κ2) is 11.8. The normalized spacial score (nSPS) is 17.2. The van der Waals surface area contributed by atoms with Crippen molar-refractivity contribution in [3.8, 4) is 28.2 Å². The van der Waals surface area contributed by atoms with Crippen LogP contribution in [-0.2, 0) is 11.0 Å². The summed E-state index contributed by atoms with van der Waals surface area (Å²) >= 11 is 6.21. The molecule has 2 aromatic carbocycles. The lowest BCUT2D eigenvalue weighted by Gasteiger charge is -2.22. The van der Waals surface area contributed by atoms with E-state index in [-0.39, 0.29) is 33.8 Å². The van der Waals surface area contributed by atoms with Crippen LogP contribution in [0.2, 0.25) is 5.02 Å². The van der Waals surface area contributed by atoms with Gasteiger partial charge in [-0.05, 0) is 55.3 Å². The SMILES string of the molecule is CC1CCCC(n2cnc(-c3cc(Cl)ccc3-n3cc(C(F)(F)F)nn3)cc2=O)c2cc(ncn2)-c2cc(F)ccc2NC1=O. The van der Waals surface area contributed by atoms with Gasteiger partial charge in [0.25, 0.3) is 5.56 Å². The van der Waals surface area contributed by atoms with Gasteiger partial charge in [0.1, 0.15) is 12.1 Å². The minimum Gasteiger partial charge on any atom is -0.325 e. The molecular formula is C30H23ClF4N8O2. The average Bonchev–Trinajstić information content (AvgIpc) is 3.51. The molecule has 2 unspecified atom stereocenters. The summed E-state index contributed by atoms with van der Waals surface area (Å²) in [5.74, 6) is -1.13. The highest BCUT2D eigenvalue weighted by Gasteiger charge is 2.35. The zero-order valence-corrected chi connectivity index (χ0v) is 24.2. The third-order valence-electron chi connectivity index (χ3n) is 7.54. The highest BCUT2D eigenvalue weighted by atomic mass is 35.5. The van der Waals surface area contributed by atoms with Gasteiger partial charge in [0, 0.05) is 28.1 Å². The molecule has 230 valence electrons. The number of benzene rings is 2. The number of aromatic nitrogens is 7. The van der Waals surface area contributed by atoms with Crippen molar-refractivity contribution in [3.05, 3.63) is 100.0 Å². The Hall–Kier alpha value is -4.98. The van der Waals surface area contributed by atoms with Crippen LogP contribution in [0, 0.1) is 11.7 Å². The predicted octanol–water partition coefficient (Wildman–Crippen LogP) is 6.11. The molecular weight excluding hydrogens is 616 g/mol. The van der Waals surface area contributed by atoms with Crippen molar-refractivity contribution in [1.29, 1.82) is 0 Å². The number of alkyl halides is 3. The fourth-order valence-electron chi connectivity index (χ4n) is 5.19. The minimum atomic E-state index is -4.70. The van der Waals surface area contributed by atoms with Crippen LogP contribution in [0.25, 0.3) is 28.2 Å². The highest BCUT2D eigenvalue weighted by molar-refractivity contribution is 6.31. The summed E-state index contributed by atoms with van der Waals surface area (Å²) in [5.41, 5.74) is 0.482. The first-order chi connectivity index (χ1) is 21.5. The van der Waals surface area contributed by atoms with Crippen LogP contribution < -0.4 is 10.9 Å². The van der Waals surface area contributed by atoms with Crippen molar-refractivity contribution in [1.82, 2.24) is 34.5 Å². The quantitative estimate of drug-likeness (QED) is 0.237. The summed E-state index contributed by atoms with van der Waals surface area (Å²) in [6.07, 6.45) is 0.128. The molecule has 2 atom stereocenters. The van der Waals surface area contributed by atoms with Crippen molar-refractivity contribution < 1.29 is 22.4 Å². The summed E-state index contributed by atoms with van der Waals surface area (Å²) in [4.78, 5) is 39.8. The fraction of sp³-hybridized carbons (Fsp3) is 0.233. The lowest BCUT2D eigenvalue weighted by Crippen LogP contribution is -2.27. The Kier molecular flexibility index (Phi) is 7.91. The van der Waals surface area contributed by atoms with Gasteiger partial charge in [0.05, 0.1) is 47.0 Å². The molecule has 15 heteroatoms. The van der Waals surface area contributed by atoms with Gasteiger partial charge in [-0.15, -0.1) is 5.10 Å². The largest absolute Gasteiger partial charge is 0.436 e. The maximum atomic E-state index is 14.3. The van der Waals surface area contributed by atoms with Crippen molar-refractivity contribution >= 4 is 23.2 Å². The topological polar surface area (TPSA) is 120 Å². The van der Waals surface area contributed by atoms with E-state index in [0.717, 1.165) is 10.9 Å². The molecule has 1 amide bonds. The molecule has 6 rings (SSSR count). The number of hydrogen-bond acceptors (Lipinski definition) is 7. The monoisotopic (exact) mass is 638 g/mol. The molecule has 4 heterocycles. The van der Waals surface area contributed by atoms with Gasteiger partial charge in [-0.1, -0.05) is 30.2 Å². The van der Waals surface area contributed by atoms with Crippen molar-refractivity contribution in [3.63, 3.8) is 0 Å². The van der Waals surface area contributed by atoms with Crippen LogP contribution in [0.5, 0.6) is 0 Å². The minimum absolute atomic E-state index is 0.143. The van der Waals surface area contributed by atoms with E-state index in [4.69, 9.17) is 11.6 Å². The van der Waals surface area contributed by atoms with E-state index in [1.54, 1.807) is 13.0 Å². The Bertz CT molecular complexity index is 1980. The molecule has 45 heavy (non-hydrogen) atoms. The molecule has 1 aliphatic rings. The second-order valence-electron chi connectivity index (χ2n) is 10.6. The number of amides is 1. The van der Waals surface area contributed by atoms with Crippen molar-refractivity contribution in [2.75, 3.05) is 5.32 Å². The van der Waals surface area contributed by atoms with E-state index < -0.39 is 29.3 Å². The summed E-state index contributed by atoms with van der Waals surface area (Å²) in [6.45, 7) is 1.78. The molecule has 0 saturated heterocycles. The number of carbonyl (C=O) groups is 1. The van der Waals surface area contributed by atoms with Crippen LogP contribution in [0.1, 0.15) is 43.6 Å².